The van der Waals surface area contributed by atoms with E-state index < -0.39 is 23.7 Å². The molecule has 0 saturated carbocycles. The minimum Gasteiger partial charge on any atom is -0.493 e. The zero-order valence-corrected chi connectivity index (χ0v) is 20.2. The normalized spacial score (nSPS) is 14.8. The van der Waals surface area contributed by atoms with E-state index in [0.29, 0.717) is 17.1 Å². The number of ether oxygens (including phenoxy) is 3. The van der Waals surface area contributed by atoms with E-state index in [4.69, 9.17) is 14.2 Å². The van der Waals surface area contributed by atoms with Gasteiger partial charge in [0.05, 0.1) is 22.2 Å². The second-order valence-corrected chi connectivity index (χ2v) is 8.68. The highest BCUT2D eigenvalue weighted by Gasteiger charge is 2.36. The average Bonchev–Trinajstić information content (AvgIpc) is 3.01. The van der Waals surface area contributed by atoms with Gasteiger partial charge in [0.1, 0.15) is 19.0 Å². The van der Waals surface area contributed by atoms with Gasteiger partial charge in [0, 0.05) is 0 Å². The Morgan fingerprint density at radius 3 is 2.59 bits per heavy atom. The number of hydrogen-bond donors (Lipinski definition) is 0. The maximum Gasteiger partial charge on any atom is 0.326 e. The number of halogens is 2. The topological polar surface area (TPSA) is 82.1 Å². The lowest BCUT2D eigenvalue weighted by atomic mass is 10.1. The summed E-state index contributed by atoms with van der Waals surface area (Å²) < 4.78 is 29.9. The molecule has 0 N–H and O–H groups in total. The van der Waals surface area contributed by atoms with Gasteiger partial charge in [0.2, 0.25) is 0 Å². The number of benzene rings is 2. The molecule has 1 aliphatic rings. The highest BCUT2D eigenvalue weighted by atomic mass is 127. The van der Waals surface area contributed by atoms with Crippen LogP contribution >= 0.6 is 34.4 Å². The van der Waals surface area contributed by atoms with Crippen molar-refractivity contribution in [2.45, 2.75) is 13.5 Å². The zero-order valence-electron chi connectivity index (χ0n) is 17.2. The van der Waals surface area contributed by atoms with E-state index in [-0.39, 0.29) is 23.9 Å². The van der Waals surface area contributed by atoms with Gasteiger partial charge in [-0.15, -0.1) is 0 Å². The van der Waals surface area contributed by atoms with Gasteiger partial charge in [-0.3, -0.25) is 19.3 Å². The van der Waals surface area contributed by atoms with Gasteiger partial charge in [-0.25, -0.2) is 4.39 Å². The van der Waals surface area contributed by atoms with Crippen molar-refractivity contribution in [3.8, 4) is 11.5 Å². The van der Waals surface area contributed by atoms with Crippen LogP contribution in [-0.4, -0.2) is 42.3 Å². The first-order valence-corrected chi connectivity index (χ1v) is 11.4. The largest absolute Gasteiger partial charge is 0.493 e. The van der Waals surface area contributed by atoms with Crippen molar-refractivity contribution in [2.24, 2.45) is 0 Å². The molecule has 3 rings (SSSR count). The van der Waals surface area contributed by atoms with Crippen LogP contribution in [0.5, 0.6) is 11.5 Å². The smallest absolute Gasteiger partial charge is 0.326 e. The lowest BCUT2D eigenvalue weighted by Crippen LogP contribution is -2.34. The maximum absolute atomic E-state index is 13.1. The molecule has 0 aliphatic carbocycles. The molecule has 1 saturated heterocycles. The summed E-state index contributed by atoms with van der Waals surface area (Å²) >= 11 is 2.84. The minimum atomic E-state index is -0.644. The van der Waals surface area contributed by atoms with Crippen LogP contribution < -0.4 is 9.47 Å². The number of hydrogen-bond acceptors (Lipinski definition) is 7. The number of carbonyl (C=O) groups is 3. The summed E-state index contributed by atoms with van der Waals surface area (Å²) in [5.74, 6) is -0.577. The highest BCUT2D eigenvalue weighted by molar-refractivity contribution is 14.1. The summed E-state index contributed by atoms with van der Waals surface area (Å²) in [5.41, 5.74) is 1.42. The van der Waals surface area contributed by atoms with Crippen LogP contribution in [0.2, 0.25) is 0 Å². The standard InChI is InChI=1S/C22H19FINO6S/c1-3-30-19(26)11-25-21(27)18(32-22(25)28)10-14-8-16(24)20(17(9-14)29-2)31-12-13-4-6-15(23)7-5-13/h4-10H,3,11-12H2,1-2H3. The Morgan fingerprint density at radius 2 is 1.94 bits per heavy atom. The molecule has 0 atom stereocenters. The quantitative estimate of drug-likeness (QED) is 0.260. The third-order valence-corrected chi connectivity index (χ3v) is 6.02. The summed E-state index contributed by atoms with van der Waals surface area (Å²) in [6.45, 7) is 1.61. The Hall–Kier alpha value is -2.60. The molecular weight excluding hydrogens is 552 g/mol. The predicted octanol–water partition coefficient (Wildman–Crippen LogP) is 4.62. The molecule has 2 aromatic rings. The predicted molar refractivity (Wildman–Crippen MR) is 126 cm³/mol. The molecule has 0 aromatic heterocycles. The van der Waals surface area contributed by atoms with Gasteiger partial charge in [-0.2, -0.15) is 0 Å². The molecule has 0 spiro atoms. The van der Waals surface area contributed by atoms with Crippen LogP contribution in [0.3, 0.4) is 0 Å². The molecule has 7 nitrogen and oxygen atoms in total. The van der Waals surface area contributed by atoms with Gasteiger partial charge in [0.25, 0.3) is 11.1 Å². The molecule has 0 unspecified atom stereocenters. The van der Waals surface area contributed by atoms with Gasteiger partial charge in [0.15, 0.2) is 11.5 Å². The SMILES string of the molecule is CCOC(=O)CN1C(=O)SC(=Cc2cc(I)c(OCc3ccc(F)cc3)c(OC)c2)C1=O. The van der Waals surface area contributed by atoms with Gasteiger partial charge >= 0.3 is 5.97 Å². The maximum atomic E-state index is 13.1. The second-order valence-electron chi connectivity index (χ2n) is 6.52. The van der Waals surface area contributed by atoms with E-state index in [9.17, 15) is 18.8 Å². The van der Waals surface area contributed by atoms with Crippen LogP contribution in [0, 0.1) is 9.39 Å². The number of esters is 1. The van der Waals surface area contributed by atoms with E-state index in [1.54, 1.807) is 37.3 Å². The van der Waals surface area contributed by atoms with E-state index in [1.165, 1.54) is 19.2 Å². The van der Waals surface area contributed by atoms with E-state index in [2.05, 4.69) is 22.6 Å². The molecule has 1 heterocycles. The number of amides is 2. The molecule has 10 heteroatoms. The van der Waals surface area contributed by atoms with Crippen LogP contribution in [0.1, 0.15) is 18.1 Å². The fourth-order valence-corrected chi connectivity index (χ4v) is 4.44. The van der Waals surface area contributed by atoms with E-state index in [0.717, 1.165) is 25.8 Å². The third kappa shape index (κ3) is 5.80. The summed E-state index contributed by atoms with van der Waals surface area (Å²) in [6, 6.07) is 9.45. The van der Waals surface area contributed by atoms with Crippen LogP contribution in [0.15, 0.2) is 41.3 Å². The van der Waals surface area contributed by atoms with Crippen molar-refractivity contribution >= 4 is 57.5 Å². The number of thioether (sulfide) groups is 1. The lowest BCUT2D eigenvalue weighted by Gasteiger charge is -2.14. The van der Waals surface area contributed by atoms with E-state index >= 15 is 0 Å². The summed E-state index contributed by atoms with van der Waals surface area (Å²) in [4.78, 5) is 37.4. The summed E-state index contributed by atoms with van der Waals surface area (Å²) in [6.07, 6.45) is 1.56. The molecular formula is C22H19FINO6S. The van der Waals surface area contributed by atoms with Crippen molar-refractivity contribution in [2.75, 3.05) is 20.3 Å². The molecule has 168 valence electrons. The van der Waals surface area contributed by atoms with Crippen molar-refractivity contribution in [1.82, 2.24) is 4.90 Å². The number of carbonyl (C=O) groups excluding carboxylic acids is 3. The van der Waals surface area contributed by atoms with Gasteiger partial charge in [-0.1, -0.05) is 12.1 Å². The Balaban J connectivity index is 1.78. The molecule has 0 radical (unpaired) electrons. The van der Waals surface area contributed by atoms with Crippen molar-refractivity contribution in [3.63, 3.8) is 0 Å². The Morgan fingerprint density at radius 1 is 1.22 bits per heavy atom. The first kappa shape index (κ1) is 24.1. The zero-order chi connectivity index (χ0) is 23.3. The second kappa shape index (κ2) is 10.8. The third-order valence-electron chi connectivity index (χ3n) is 4.31. The fourth-order valence-electron chi connectivity index (χ4n) is 2.82. The first-order chi connectivity index (χ1) is 15.3. The Bertz CT molecular complexity index is 1070. The minimum absolute atomic E-state index is 0.165. The molecule has 32 heavy (non-hydrogen) atoms. The number of rotatable bonds is 8. The van der Waals surface area contributed by atoms with Crippen LogP contribution in [0.25, 0.3) is 6.08 Å². The van der Waals surface area contributed by atoms with Crippen LogP contribution in [0.4, 0.5) is 9.18 Å². The Labute approximate surface area is 202 Å². The van der Waals surface area contributed by atoms with E-state index in [1.807, 2.05) is 0 Å². The first-order valence-electron chi connectivity index (χ1n) is 9.48. The molecule has 0 bridgehead atoms. The van der Waals surface area contributed by atoms with Crippen LogP contribution in [-0.2, 0) is 20.9 Å². The molecule has 1 fully saturated rings. The monoisotopic (exact) mass is 571 g/mol. The summed E-state index contributed by atoms with van der Waals surface area (Å²) in [5, 5.41) is -0.532. The lowest BCUT2D eigenvalue weighted by molar-refractivity contribution is -0.145. The summed E-state index contributed by atoms with van der Waals surface area (Å²) in [7, 11) is 1.49. The van der Waals surface area contributed by atoms with Crippen molar-refractivity contribution in [3.05, 3.63) is 61.8 Å². The van der Waals surface area contributed by atoms with Gasteiger partial charge in [-0.05, 0) is 82.7 Å². The molecule has 2 amide bonds. The van der Waals surface area contributed by atoms with Crippen molar-refractivity contribution in [1.29, 1.82) is 0 Å². The fraction of sp³-hybridized carbons (Fsp3) is 0.227. The average molecular weight is 571 g/mol. The number of imide groups is 1. The molecule has 1 aliphatic heterocycles. The number of nitrogens with zero attached hydrogens (tertiary/aromatic N) is 1. The molecule has 2 aromatic carbocycles. The number of methoxy groups -OCH3 is 1. The van der Waals surface area contributed by atoms with Crippen molar-refractivity contribution < 1.29 is 33.0 Å². The van der Waals surface area contributed by atoms with Gasteiger partial charge < -0.3 is 14.2 Å². The Kier molecular flexibility index (Phi) is 8.13. The highest BCUT2D eigenvalue weighted by Crippen LogP contribution is 2.37.